The van der Waals surface area contributed by atoms with Gasteiger partial charge in [0.05, 0.1) is 11.1 Å². The summed E-state index contributed by atoms with van der Waals surface area (Å²) in [5.41, 5.74) is 1.32. The van der Waals surface area contributed by atoms with Crippen LogP contribution >= 0.6 is 0 Å². The molecule has 0 unspecified atom stereocenters. The minimum Gasteiger partial charge on any atom is -0.506 e. The molecule has 1 aromatic rings. The van der Waals surface area contributed by atoms with E-state index in [1.165, 1.54) is 4.90 Å². The van der Waals surface area contributed by atoms with E-state index in [1.807, 2.05) is 6.07 Å². The van der Waals surface area contributed by atoms with Crippen molar-refractivity contribution >= 4 is 17.6 Å². The number of nitrogens with zero attached hydrogens (tertiary/aromatic N) is 1. The standard InChI is InChI=1S/C15H17NO4/c1-15(2)10-5-9(8-3-4-8)6-11(17)13(10)16(14(15)20)7-12(18)19/h5-6,8,17H,3-4,7H2,1-2H3,(H,18,19). The third-order valence-electron chi connectivity index (χ3n) is 4.18. The fourth-order valence-corrected chi connectivity index (χ4v) is 2.89. The largest absolute Gasteiger partial charge is 0.506 e. The molecule has 2 aliphatic rings. The first-order chi connectivity index (χ1) is 9.32. The van der Waals surface area contributed by atoms with Crippen molar-refractivity contribution in [1.82, 2.24) is 0 Å². The number of carboxylic acids is 1. The number of carboxylic acid groups (broad SMARTS) is 1. The minimum atomic E-state index is -1.09. The van der Waals surface area contributed by atoms with Gasteiger partial charge in [0.2, 0.25) is 5.91 Å². The number of hydrogen-bond acceptors (Lipinski definition) is 3. The summed E-state index contributed by atoms with van der Waals surface area (Å²) in [7, 11) is 0. The maximum absolute atomic E-state index is 12.4. The molecule has 1 saturated carbocycles. The summed E-state index contributed by atoms with van der Waals surface area (Å²) < 4.78 is 0. The van der Waals surface area contributed by atoms with Crippen LogP contribution in [0.5, 0.6) is 5.75 Å². The average molecular weight is 275 g/mol. The number of phenolic OH excluding ortho intramolecular Hbond substituents is 1. The number of hydrogen-bond donors (Lipinski definition) is 2. The van der Waals surface area contributed by atoms with Crippen molar-refractivity contribution in [2.24, 2.45) is 0 Å². The molecule has 3 rings (SSSR count). The highest BCUT2D eigenvalue weighted by Gasteiger charge is 2.46. The van der Waals surface area contributed by atoms with Crippen LogP contribution in [0.15, 0.2) is 12.1 Å². The molecule has 2 N–H and O–H groups in total. The smallest absolute Gasteiger partial charge is 0.323 e. The first-order valence-electron chi connectivity index (χ1n) is 6.73. The van der Waals surface area contributed by atoms with Crippen LogP contribution in [-0.2, 0) is 15.0 Å². The van der Waals surface area contributed by atoms with E-state index in [2.05, 4.69) is 0 Å². The van der Waals surface area contributed by atoms with Gasteiger partial charge in [-0.15, -0.1) is 0 Å². The number of anilines is 1. The van der Waals surface area contributed by atoms with Crippen molar-refractivity contribution in [3.8, 4) is 5.75 Å². The summed E-state index contributed by atoms with van der Waals surface area (Å²) in [6.45, 7) is 3.11. The molecule has 1 aromatic carbocycles. The van der Waals surface area contributed by atoms with E-state index in [0.29, 0.717) is 11.6 Å². The summed E-state index contributed by atoms with van der Waals surface area (Å²) in [4.78, 5) is 24.5. The van der Waals surface area contributed by atoms with E-state index in [0.717, 1.165) is 24.0 Å². The van der Waals surface area contributed by atoms with Gasteiger partial charge in [-0.05, 0) is 49.8 Å². The van der Waals surface area contributed by atoms with Crippen molar-refractivity contribution < 1.29 is 19.8 Å². The second-order valence-corrected chi connectivity index (χ2v) is 6.12. The lowest BCUT2D eigenvalue weighted by Crippen LogP contribution is -2.39. The van der Waals surface area contributed by atoms with Gasteiger partial charge in [0.1, 0.15) is 12.3 Å². The third-order valence-corrected chi connectivity index (χ3v) is 4.18. The summed E-state index contributed by atoms with van der Waals surface area (Å²) in [5, 5.41) is 19.2. The molecule has 0 aromatic heterocycles. The van der Waals surface area contributed by atoms with Gasteiger partial charge < -0.3 is 10.2 Å². The van der Waals surface area contributed by atoms with E-state index in [9.17, 15) is 14.7 Å². The van der Waals surface area contributed by atoms with E-state index in [-0.39, 0.29) is 11.7 Å². The van der Waals surface area contributed by atoms with Crippen molar-refractivity contribution in [2.45, 2.75) is 38.0 Å². The number of benzene rings is 1. The van der Waals surface area contributed by atoms with Gasteiger partial charge in [-0.2, -0.15) is 0 Å². The van der Waals surface area contributed by atoms with Gasteiger partial charge in [0.25, 0.3) is 0 Å². The number of aromatic hydroxyl groups is 1. The lowest BCUT2D eigenvalue weighted by molar-refractivity contribution is -0.137. The number of fused-ring (bicyclic) bond motifs is 1. The average Bonchev–Trinajstić information content (AvgIpc) is 3.15. The number of aliphatic carboxylic acids is 1. The summed E-state index contributed by atoms with van der Waals surface area (Å²) in [6.07, 6.45) is 2.21. The Bertz CT molecular complexity index is 617. The lowest BCUT2D eigenvalue weighted by Gasteiger charge is -2.18. The zero-order valence-electron chi connectivity index (χ0n) is 11.5. The molecule has 0 saturated heterocycles. The molecular weight excluding hydrogens is 258 g/mol. The van der Waals surface area contributed by atoms with Crippen LogP contribution in [0.3, 0.4) is 0 Å². The van der Waals surface area contributed by atoms with Crippen LogP contribution < -0.4 is 4.90 Å². The monoisotopic (exact) mass is 275 g/mol. The van der Waals surface area contributed by atoms with Gasteiger partial charge in [-0.3, -0.25) is 14.5 Å². The molecular formula is C15H17NO4. The van der Waals surface area contributed by atoms with Gasteiger partial charge in [-0.1, -0.05) is 6.07 Å². The molecule has 0 atom stereocenters. The topological polar surface area (TPSA) is 77.8 Å². The first kappa shape index (κ1) is 13.0. The second kappa shape index (κ2) is 3.98. The molecule has 1 aliphatic heterocycles. The summed E-state index contributed by atoms with van der Waals surface area (Å²) >= 11 is 0. The Labute approximate surface area is 116 Å². The maximum atomic E-state index is 12.4. The van der Waals surface area contributed by atoms with Crippen molar-refractivity contribution in [2.75, 3.05) is 11.4 Å². The molecule has 1 fully saturated rings. The van der Waals surface area contributed by atoms with Crippen LogP contribution in [0.4, 0.5) is 5.69 Å². The molecule has 20 heavy (non-hydrogen) atoms. The predicted octanol–water partition coefficient (Wildman–Crippen LogP) is 1.98. The predicted molar refractivity (Wildman–Crippen MR) is 73.1 cm³/mol. The van der Waals surface area contributed by atoms with E-state index in [1.54, 1.807) is 19.9 Å². The summed E-state index contributed by atoms with van der Waals surface area (Å²) in [5.74, 6) is -0.902. The van der Waals surface area contributed by atoms with Crippen LogP contribution in [-0.4, -0.2) is 28.6 Å². The summed E-state index contributed by atoms with van der Waals surface area (Å²) in [6, 6.07) is 3.62. The molecule has 106 valence electrons. The third kappa shape index (κ3) is 1.77. The Morgan fingerprint density at radius 3 is 2.60 bits per heavy atom. The van der Waals surface area contributed by atoms with Crippen LogP contribution in [0.2, 0.25) is 0 Å². The molecule has 0 bridgehead atoms. The Morgan fingerprint density at radius 2 is 2.05 bits per heavy atom. The molecule has 0 spiro atoms. The minimum absolute atomic E-state index is 0.00424. The highest BCUT2D eigenvalue weighted by molar-refractivity contribution is 6.11. The van der Waals surface area contributed by atoms with E-state index < -0.39 is 17.9 Å². The van der Waals surface area contributed by atoms with Crippen LogP contribution in [0.25, 0.3) is 0 Å². The number of phenols is 1. The first-order valence-corrected chi connectivity index (χ1v) is 6.73. The zero-order chi connectivity index (χ0) is 14.7. The maximum Gasteiger partial charge on any atom is 0.323 e. The SMILES string of the molecule is CC1(C)C(=O)N(CC(=O)O)c2c(O)cc(C3CC3)cc21. The highest BCUT2D eigenvalue weighted by Crippen LogP contribution is 2.50. The fraction of sp³-hybridized carbons (Fsp3) is 0.467. The van der Waals surface area contributed by atoms with E-state index >= 15 is 0 Å². The molecule has 5 nitrogen and oxygen atoms in total. The van der Waals surface area contributed by atoms with Crippen LogP contribution in [0.1, 0.15) is 43.7 Å². The number of carbonyl (C=O) groups excluding carboxylic acids is 1. The Morgan fingerprint density at radius 1 is 1.40 bits per heavy atom. The highest BCUT2D eigenvalue weighted by atomic mass is 16.4. The fourth-order valence-electron chi connectivity index (χ4n) is 2.89. The molecule has 1 aliphatic carbocycles. The second-order valence-electron chi connectivity index (χ2n) is 6.12. The quantitative estimate of drug-likeness (QED) is 0.884. The Hall–Kier alpha value is -2.04. The molecule has 0 radical (unpaired) electrons. The van der Waals surface area contributed by atoms with Crippen molar-refractivity contribution in [3.05, 3.63) is 23.3 Å². The van der Waals surface area contributed by atoms with Crippen LogP contribution in [0, 0.1) is 0 Å². The molecule has 1 amide bonds. The van der Waals surface area contributed by atoms with Crippen molar-refractivity contribution in [1.29, 1.82) is 0 Å². The van der Waals surface area contributed by atoms with Gasteiger partial charge >= 0.3 is 5.97 Å². The van der Waals surface area contributed by atoms with Crippen molar-refractivity contribution in [3.63, 3.8) is 0 Å². The van der Waals surface area contributed by atoms with E-state index in [4.69, 9.17) is 5.11 Å². The number of carbonyl (C=O) groups is 2. The molecule has 1 heterocycles. The number of rotatable bonds is 3. The zero-order valence-corrected chi connectivity index (χ0v) is 11.5. The van der Waals surface area contributed by atoms with Gasteiger partial charge in [-0.25, -0.2) is 0 Å². The number of amides is 1. The molecule has 5 heteroatoms. The van der Waals surface area contributed by atoms with Gasteiger partial charge in [0, 0.05) is 0 Å². The Kier molecular flexibility index (Phi) is 2.58. The van der Waals surface area contributed by atoms with Gasteiger partial charge in [0.15, 0.2) is 0 Å². The lowest BCUT2D eigenvalue weighted by atomic mass is 9.85. The normalized spacial score (nSPS) is 20.1. The Balaban J connectivity index is 2.15.